The number of ether oxygens (including phenoxy) is 2. The summed E-state index contributed by atoms with van der Waals surface area (Å²) in [5, 5.41) is 0. The molecule has 0 spiro atoms. The highest BCUT2D eigenvalue weighted by Gasteiger charge is 2.23. The predicted octanol–water partition coefficient (Wildman–Crippen LogP) is 4.51. The lowest BCUT2D eigenvalue weighted by molar-refractivity contribution is -0.155. The largest absolute Gasteiger partial charge is 0.466 e. The summed E-state index contributed by atoms with van der Waals surface area (Å²) in [4.78, 5) is 23.8. The fourth-order valence-corrected chi connectivity index (χ4v) is 2.25. The number of unbranched alkanes of at least 4 members (excludes halogenated alkanes) is 5. The van der Waals surface area contributed by atoms with E-state index in [1.54, 1.807) is 6.92 Å². The summed E-state index contributed by atoms with van der Waals surface area (Å²) in [6.45, 7) is 8.73. The Morgan fingerprint density at radius 2 is 1.55 bits per heavy atom. The van der Waals surface area contributed by atoms with Gasteiger partial charge in [0.05, 0.1) is 25.6 Å². The van der Waals surface area contributed by atoms with Gasteiger partial charge in [0, 0.05) is 0 Å². The van der Waals surface area contributed by atoms with E-state index in [0.717, 1.165) is 12.8 Å². The fraction of sp³-hybridized carbons (Fsp3) is 0.889. The molecule has 0 N–H and O–H groups in total. The number of esters is 2. The van der Waals surface area contributed by atoms with E-state index in [2.05, 4.69) is 6.92 Å². The van der Waals surface area contributed by atoms with E-state index in [0.29, 0.717) is 25.6 Å². The molecule has 0 amide bonds. The molecule has 0 saturated carbocycles. The van der Waals surface area contributed by atoms with Gasteiger partial charge in [-0.2, -0.15) is 0 Å². The number of rotatable bonds is 13. The molecular formula is C18H34O4. The Bertz CT molecular complexity index is 299. The Morgan fingerprint density at radius 3 is 2.14 bits per heavy atom. The van der Waals surface area contributed by atoms with Crippen molar-refractivity contribution in [3.8, 4) is 0 Å². The third-order valence-corrected chi connectivity index (χ3v) is 3.52. The maximum atomic E-state index is 12.0. The first-order valence-electron chi connectivity index (χ1n) is 8.83. The molecule has 130 valence electrons. The van der Waals surface area contributed by atoms with Crippen molar-refractivity contribution in [3.05, 3.63) is 0 Å². The number of hydrogen-bond acceptors (Lipinski definition) is 4. The molecule has 0 aliphatic heterocycles. The number of carbonyl (C=O) groups excluding carboxylic acids is 2. The Kier molecular flexibility index (Phi) is 12.9. The Balaban J connectivity index is 4.14. The normalized spacial score (nSPS) is 12.2. The molecular weight excluding hydrogens is 280 g/mol. The van der Waals surface area contributed by atoms with Gasteiger partial charge < -0.3 is 9.47 Å². The van der Waals surface area contributed by atoms with Crippen LogP contribution >= 0.6 is 0 Å². The average molecular weight is 314 g/mol. The van der Waals surface area contributed by atoms with Gasteiger partial charge >= 0.3 is 11.9 Å². The Labute approximate surface area is 135 Å². The van der Waals surface area contributed by atoms with E-state index in [9.17, 15) is 9.59 Å². The molecule has 0 aromatic heterocycles. The third-order valence-electron chi connectivity index (χ3n) is 3.52. The second kappa shape index (κ2) is 13.6. The standard InChI is InChI=1S/C18H34O4/c1-5-7-8-9-10-11-12-16(18(20)21-6-2)13-17(19)22-14-15(3)4/h15-16H,5-14H2,1-4H3. The molecule has 0 fully saturated rings. The van der Waals surface area contributed by atoms with Gasteiger partial charge in [-0.1, -0.05) is 59.3 Å². The third kappa shape index (κ3) is 11.6. The summed E-state index contributed by atoms with van der Waals surface area (Å²) in [5.41, 5.74) is 0. The first-order chi connectivity index (χ1) is 10.5. The molecule has 0 saturated heterocycles. The molecule has 0 radical (unpaired) electrons. The van der Waals surface area contributed by atoms with Crippen molar-refractivity contribution in [3.63, 3.8) is 0 Å². The topological polar surface area (TPSA) is 52.6 Å². The van der Waals surface area contributed by atoms with Gasteiger partial charge in [-0.15, -0.1) is 0 Å². The summed E-state index contributed by atoms with van der Waals surface area (Å²) in [7, 11) is 0. The van der Waals surface area contributed by atoms with Crippen molar-refractivity contribution in [2.45, 2.75) is 79.1 Å². The van der Waals surface area contributed by atoms with Crippen molar-refractivity contribution in [1.29, 1.82) is 0 Å². The van der Waals surface area contributed by atoms with E-state index in [1.807, 2.05) is 13.8 Å². The molecule has 0 aliphatic rings. The second-order valence-corrected chi connectivity index (χ2v) is 6.29. The smallest absolute Gasteiger partial charge is 0.309 e. The van der Waals surface area contributed by atoms with Gasteiger partial charge in [0.2, 0.25) is 0 Å². The summed E-state index contributed by atoms with van der Waals surface area (Å²) in [6.07, 6.45) is 7.86. The minimum atomic E-state index is -0.356. The van der Waals surface area contributed by atoms with Gasteiger partial charge in [0.25, 0.3) is 0 Å². The van der Waals surface area contributed by atoms with Crippen molar-refractivity contribution >= 4 is 11.9 Å². The molecule has 0 heterocycles. The lowest BCUT2D eigenvalue weighted by atomic mass is 9.97. The van der Waals surface area contributed by atoms with Crippen LogP contribution in [-0.4, -0.2) is 25.2 Å². The first-order valence-corrected chi connectivity index (χ1v) is 8.83. The Hall–Kier alpha value is -1.06. The van der Waals surface area contributed by atoms with Crippen LogP contribution < -0.4 is 0 Å². The summed E-state index contributed by atoms with van der Waals surface area (Å²) in [6, 6.07) is 0. The highest BCUT2D eigenvalue weighted by Crippen LogP contribution is 2.18. The van der Waals surface area contributed by atoms with Gasteiger partial charge in [-0.3, -0.25) is 9.59 Å². The average Bonchev–Trinajstić information content (AvgIpc) is 2.47. The van der Waals surface area contributed by atoms with Gasteiger partial charge in [-0.25, -0.2) is 0 Å². The SMILES string of the molecule is CCCCCCCCC(CC(=O)OCC(C)C)C(=O)OCC. The minimum absolute atomic E-state index is 0.139. The van der Waals surface area contributed by atoms with Crippen LogP contribution in [0.1, 0.15) is 79.1 Å². The predicted molar refractivity (Wildman–Crippen MR) is 88.5 cm³/mol. The van der Waals surface area contributed by atoms with Crippen LogP contribution in [0.4, 0.5) is 0 Å². The van der Waals surface area contributed by atoms with E-state index < -0.39 is 0 Å². The summed E-state index contributed by atoms with van der Waals surface area (Å²) < 4.78 is 10.3. The molecule has 0 bridgehead atoms. The van der Waals surface area contributed by atoms with Crippen LogP contribution in [0.3, 0.4) is 0 Å². The molecule has 4 nitrogen and oxygen atoms in total. The minimum Gasteiger partial charge on any atom is -0.466 e. The van der Waals surface area contributed by atoms with Gasteiger partial charge in [0.15, 0.2) is 0 Å². The zero-order chi connectivity index (χ0) is 16.8. The molecule has 1 unspecified atom stereocenters. The number of hydrogen-bond donors (Lipinski definition) is 0. The lowest BCUT2D eigenvalue weighted by Gasteiger charge is -2.15. The maximum Gasteiger partial charge on any atom is 0.309 e. The summed E-state index contributed by atoms with van der Waals surface area (Å²) >= 11 is 0. The Morgan fingerprint density at radius 1 is 0.909 bits per heavy atom. The lowest BCUT2D eigenvalue weighted by Crippen LogP contribution is -2.23. The van der Waals surface area contributed by atoms with Crippen molar-refractivity contribution < 1.29 is 19.1 Å². The molecule has 0 aliphatic carbocycles. The maximum absolute atomic E-state index is 12.0. The number of carbonyl (C=O) groups is 2. The first kappa shape index (κ1) is 20.9. The van der Waals surface area contributed by atoms with E-state index in [1.165, 1.54) is 25.7 Å². The van der Waals surface area contributed by atoms with E-state index >= 15 is 0 Å². The van der Waals surface area contributed by atoms with Crippen LogP contribution in [0.2, 0.25) is 0 Å². The highest BCUT2D eigenvalue weighted by atomic mass is 16.5. The molecule has 0 aromatic carbocycles. The van der Waals surface area contributed by atoms with Crippen LogP contribution in [0.25, 0.3) is 0 Å². The van der Waals surface area contributed by atoms with Gasteiger partial charge in [-0.05, 0) is 19.3 Å². The van der Waals surface area contributed by atoms with Gasteiger partial charge in [0.1, 0.15) is 0 Å². The fourth-order valence-electron chi connectivity index (χ4n) is 2.25. The molecule has 0 aromatic rings. The van der Waals surface area contributed by atoms with Crippen molar-refractivity contribution in [2.24, 2.45) is 11.8 Å². The summed E-state index contributed by atoms with van der Waals surface area (Å²) in [5.74, 6) is -0.607. The van der Waals surface area contributed by atoms with Crippen LogP contribution in [0.15, 0.2) is 0 Å². The van der Waals surface area contributed by atoms with Crippen LogP contribution in [0.5, 0.6) is 0 Å². The quantitative estimate of drug-likeness (QED) is 0.371. The van der Waals surface area contributed by atoms with Crippen LogP contribution in [-0.2, 0) is 19.1 Å². The molecule has 4 heteroatoms. The molecule has 1 atom stereocenters. The molecule has 22 heavy (non-hydrogen) atoms. The zero-order valence-electron chi connectivity index (χ0n) is 14.9. The van der Waals surface area contributed by atoms with E-state index in [4.69, 9.17) is 9.47 Å². The van der Waals surface area contributed by atoms with E-state index in [-0.39, 0.29) is 24.3 Å². The van der Waals surface area contributed by atoms with Crippen molar-refractivity contribution in [1.82, 2.24) is 0 Å². The van der Waals surface area contributed by atoms with Crippen molar-refractivity contribution in [2.75, 3.05) is 13.2 Å². The van der Waals surface area contributed by atoms with Crippen LogP contribution in [0, 0.1) is 11.8 Å². The monoisotopic (exact) mass is 314 g/mol. The molecule has 0 rings (SSSR count). The highest BCUT2D eigenvalue weighted by molar-refractivity contribution is 5.79. The zero-order valence-corrected chi connectivity index (χ0v) is 14.9. The second-order valence-electron chi connectivity index (χ2n) is 6.29.